The first-order valence-corrected chi connectivity index (χ1v) is 11.0. The summed E-state index contributed by atoms with van der Waals surface area (Å²) in [6.07, 6.45) is 2.03. The van der Waals surface area contributed by atoms with Crippen molar-refractivity contribution >= 4 is 23.4 Å². The van der Waals surface area contributed by atoms with Crippen molar-refractivity contribution in [1.82, 2.24) is 4.90 Å². The van der Waals surface area contributed by atoms with E-state index in [1.807, 2.05) is 32.9 Å². The third-order valence-electron chi connectivity index (χ3n) is 5.74. The van der Waals surface area contributed by atoms with E-state index >= 15 is 0 Å². The van der Waals surface area contributed by atoms with E-state index in [2.05, 4.69) is 46.6 Å². The van der Waals surface area contributed by atoms with Crippen molar-refractivity contribution in [1.29, 1.82) is 0 Å². The number of carbonyl (C=O) groups is 2. The fourth-order valence-electron chi connectivity index (χ4n) is 4.30. The third kappa shape index (κ3) is 5.01. The topological polar surface area (TPSA) is 61.9 Å². The summed E-state index contributed by atoms with van der Waals surface area (Å²) in [5.41, 5.74) is 3.91. The molecule has 1 atom stereocenters. The molecule has 6 nitrogen and oxygen atoms in total. The van der Waals surface area contributed by atoms with Gasteiger partial charge in [-0.2, -0.15) is 0 Å². The van der Waals surface area contributed by atoms with Gasteiger partial charge < -0.3 is 15.0 Å². The van der Waals surface area contributed by atoms with Gasteiger partial charge in [-0.25, -0.2) is 4.79 Å². The zero-order chi connectivity index (χ0) is 22.0. The first-order chi connectivity index (χ1) is 14.8. The molecule has 0 unspecified atom stereocenters. The van der Waals surface area contributed by atoms with Gasteiger partial charge in [0.15, 0.2) is 0 Å². The van der Waals surface area contributed by atoms with E-state index in [0.29, 0.717) is 13.0 Å². The first-order valence-electron chi connectivity index (χ1n) is 11.0. The van der Waals surface area contributed by atoms with E-state index in [0.717, 1.165) is 37.3 Å². The van der Waals surface area contributed by atoms with Crippen LogP contribution in [-0.4, -0.2) is 41.6 Å². The van der Waals surface area contributed by atoms with E-state index in [4.69, 9.17) is 4.74 Å². The fraction of sp³-hybridized carbons (Fsp3) is 0.440. The number of ether oxygens (including phenoxy) is 1. The molecule has 2 aliphatic rings. The van der Waals surface area contributed by atoms with Gasteiger partial charge in [-0.05, 0) is 63.3 Å². The number of fused-ring (bicyclic) bond motifs is 1. The molecule has 0 aromatic heterocycles. The highest BCUT2D eigenvalue weighted by atomic mass is 16.6. The van der Waals surface area contributed by atoms with Crippen LogP contribution in [-0.2, 0) is 22.5 Å². The number of carbonyl (C=O) groups excluding carboxylic acids is 2. The molecule has 164 valence electrons. The smallest absolute Gasteiger partial charge is 0.410 e. The third-order valence-corrected chi connectivity index (χ3v) is 5.74. The number of anilines is 2. The van der Waals surface area contributed by atoms with E-state index in [1.54, 1.807) is 4.90 Å². The second-order valence-corrected chi connectivity index (χ2v) is 9.32. The molecule has 2 aliphatic heterocycles. The van der Waals surface area contributed by atoms with Crippen LogP contribution in [0.3, 0.4) is 0 Å². The Morgan fingerprint density at radius 1 is 1.10 bits per heavy atom. The van der Waals surface area contributed by atoms with Crippen LogP contribution in [0, 0.1) is 0 Å². The van der Waals surface area contributed by atoms with Gasteiger partial charge >= 0.3 is 6.09 Å². The average molecular weight is 422 g/mol. The van der Waals surface area contributed by atoms with Crippen molar-refractivity contribution in [2.45, 2.75) is 58.2 Å². The summed E-state index contributed by atoms with van der Waals surface area (Å²) in [4.78, 5) is 29.4. The molecule has 0 saturated carbocycles. The quantitative estimate of drug-likeness (QED) is 0.785. The molecule has 1 saturated heterocycles. The molecule has 6 heteroatoms. The molecule has 1 fully saturated rings. The van der Waals surface area contributed by atoms with Gasteiger partial charge in [-0.1, -0.05) is 36.4 Å². The maximum absolute atomic E-state index is 13.0. The fourth-order valence-corrected chi connectivity index (χ4v) is 4.30. The summed E-state index contributed by atoms with van der Waals surface area (Å²) in [5.74, 6) is -0.157. The van der Waals surface area contributed by atoms with Crippen molar-refractivity contribution in [2.24, 2.45) is 0 Å². The van der Waals surface area contributed by atoms with Gasteiger partial charge in [0.05, 0.1) is 0 Å². The van der Waals surface area contributed by atoms with Crippen molar-refractivity contribution in [2.75, 3.05) is 23.3 Å². The monoisotopic (exact) mass is 421 g/mol. The molecule has 0 radical (unpaired) electrons. The molecule has 0 aliphatic carbocycles. The Morgan fingerprint density at radius 3 is 2.61 bits per heavy atom. The number of rotatable bonds is 4. The van der Waals surface area contributed by atoms with Gasteiger partial charge in [0.25, 0.3) is 0 Å². The molecule has 31 heavy (non-hydrogen) atoms. The molecule has 0 spiro atoms. The SMILES string of the molecule is CC(C)(C)OC(=O)N1CCC[C@H]1C(=O)Nc1ccc2c(c1)N(Cc1ccccc1)CC2. The maximum Gasteiger partial charge on any atom is 0.410 e. The summed E-state index contributed by atoms with van der Waals surface area (Å²) in [6.45, 7) is 7.87. The van der Waals surface area contributed by atoms with Crippen LogP contribution in [0.2, 0.25) is 0 Å². The standard InChI is InChI=1S/C25H31N3O3/c1-25(2,3)31-24(30)28-14-7-10-21(28)23(29)26-20-12-11-19-13-15-27(22(19)16-20)17-18-8-5-4-6-9-18/h4-6,8-9,11-12,16,21H,7,10,13-15,17H2,1-3H3,(H,26,29)/t21-/m0/s1. The second kappa shape index (κ2) is 8.61. The normalized spacial score (nSPS) is 18.1. The van der Waals surface area contributed by atoms with E-state index < -0.39 is 17.7 Å². The maximum atomic E-state index is 13.0. The average Bonchev–Trinajstić information content (AvgIpc) is 3.35. The van der Waals surface area contributed by atoms with Crippen LogP contribution in [0.4, 0.5) is 16.2 Å². The Morgan fingerprint density at radius 2 is 1.87 bits per heavy atom. The summed E-state index contributed by atoms with van der Waals surface area (Å²) in [5, 5.41) is 3.03. The van der Waals surface area contributed by atoms with Crippen molar-refractivity contribution in [3.8, 4) is 0 Å². The van der Waals surface area contributed by atoms with Crippen LogP contribution in [0.25, 0.3) is 0 Å². The van der Waals surface area contributed by atoms with Crippen molar-refractivity contribution in [3.63, 3.8) is 0 Å². The van der Waals surface area contributed by atoms with Gasteiger partial charge in [-0.15, -0.1) is 0 Å². The Kier molecular flexibility index (Phi) is 5.90. The molecular weight excluding hydrogens is 390 g/mol. The lowest BCUT2D eigenvalue weighted by atomic mass is 10.1. The number of hydrogen-bond acceptors (Lipinski definition) is 4. The van der Waals surface area contributed by atoms with Gasteiger partial charge in [0.1, 0.15) is 11.6 Å². The molecule has 4 rings (SSSR count). The van der Waals surface area contributed by atoms with E-state index in [9.17, 15) is 9.59 Å². The predicted octanol–water partition coefficient (Wildman–Crippen LogP) is 4.59. The number of benzene rings is 2. The lowest BCUT2D eigenvalue weighted by molar-refractivity contribution is -0.120. The highest BCUT2D eigenvalue weighted by Crippen LogP contribution is 2.32. The Balaban J connectivity index is 1.44. The van der Waals surface area contributed by atoms with Crippen molar-refractivity contribution < 1.29 is 14.3 Å². The van der Waals surface area contributed by atoms with Gasteiger partial charge in [0.2, 0.25) is 5.91 Å². The number of hydrogen-bond donors (Lipinski definition) is 1. The van der Waals surface area contributed by atoms with E-state index in [-0.39, 0.29) is 5.91 Å². The van der Waals surface area contributed by atoms with Gasteiger partial charge in [0, 0.05) is 31.0 Å². The highest BCUT2D eigenvalue weighted by Gasteiger charge is 2.36. The molecule has 2 amide bonds. The Bertz CT molecular complexity index is 952. The minimum absolute atomic E-state index is 0.157. The molecule has 2 aromatic carbocycles. The molecule has 1 N–H and O–H groups in total. The summed E-state index contributed by atoms with van der Waals surface area (Å²) in [7, 11) is 0. The van der Waals surface area contributed by atoms with Crippen LogP contribution in [0.1, 0.15) is 44.7 Å². The number of nitrogens with one attached hydrogen (secondary N) is 1. The zero-order valence-electron chi connectivity index (χ0n) is 18.6. The molecule has 0 bridgehead atoms. The summed E-state index contributed by atoms with van der Waals surface area (Å²) < 4.78 is 5.48. The Labute approximate surface area is 184 Å². The van der Waals surface area contributed by atoms with Gasteiger partial charge in [-0.3, -0.25) is 9.69 Å². The largest absolute Gasteiger partial charge is 0.444 e. The predicted molar refractivity (Wildman–Crippen MR) is 122 cm³/mol. The molecule has 2 aromatic rings. The molecule has 2 heterocycles. The summed E-state index contributed by atoms with van der Waals surface area (Å²) >= 11 is 0. The van der Waals surface area contributed by atoms with Crippen LogP contribution in [0.15, 0.2) is 48.5 Å². The van der Waals surface area contributed by atoms with Crippen LogP contribution >= 0.6 is 0 Å². The lowest BCUT2D eigenvalue weighted by Gasteiger charge is -2.28. The minimum Gasteiger partial charge on any atom is -0.444 e. The van der Waals surface area contributed by atoms with Crippen LogP contribution in [0.5, 0.6) is 0 Å². The Hall–Kier alpha value is -3.02. The zero-order valence-corrected chi connectivity index (χ0v) is 18.6. The number of nitrogens with zero attached hydrogens (tertiary/aromatic N) is 2. The van der Waals surface area contributed by atoms with Crippen molar-refractivity contribution in [3.05, 3.63) is 59.7 Å². The number of likely N-dealkylation sites (tertiary alicyclic amines) is 1. The van der Waals surface area contributed by atoms with Crippen LogP contribution < -0.4 is 10.2 Å². The lowest BCUT2D eigenvalue weighted by Crippen LogP contribution is -2.45. The number of amides is 2. The second-order valence-electron chi connectivity index (χ2n) is 9.32. The first kappa shape index (κ1) is 21.2. The minimum atomic E-state index is -0.580. The molecular formula is C25H31N3O3. The highest BCUT2D eigenvalue weighted by molar-refractivity contribution is 5.97. The van der Waals surface area contributed by atoms with E-state index in [1.165, 1.54) is 11.1 Å². The summed E-state index contributed by atoms with van der Waals surface area (Å²) in [6, 6.07) is 16.0.